The van der Waals surface area contributed by atoms with Crippen molar-refractivity contribution in [3.05, 3.63) is 74.7 Å². The Balaban J connectivity index is 1.96. The molecule has 0 aliphatic carbocycles. The molecule has 5 nitrogen and oxygen atoms in total. The van der Waals surface area contributed by atoms with Gasteiger partial charge in [-0.15, -0.1) is 0 Å². The second kappa shape index (κ2) is 5.93. The molecule has 0 bridgehead atoms. The van der Waals surface area contributed by atoms with Gasteiger partial charge in [-0.1, -0.05) is 39.7 Å². The first-order chi connectivity index (χ1) is 12.4. The van der Waals surface area contributed by atoms with E-state index >= 15 is 0 Å². The van der Waals surface area contributed by atoms with E-state index < -0.39 is 17.8 Å². The molecule has 2 amide bonds. The molecule has 3 aromatic rings. The Hall–Kier alpha value is -2.70. The van der Waals surface area contributed by atoms with Crippen LogP contribution in [0.15, 0.2) is 53.0 Å². The summed E-state index contributed by atoms with van der Waals surface area (Å²) in [5, 5.41) is 10.7. The molecular weight excluding hydrogens is 422 g/mol. The number of carboxylic acids is 1. The molecule has 26 heavy (non-hydrogen) atoms. The molecule has 1 heterocycles. The Morgan fingerprint density at radius 2 is 1.73 bits per heavy atom. The standard InChI is InChI=1S/C19H9BrClNO4/c20-10-6-9-2-1-3-12-16(9)14(7-10)18(24)22(17(12)23)11-4-5-15(21)13(8-11)19(25)26/h1-8H,(H,25,26). The van der Waals surface area contributed by atoms with Crippen LogP contribution in [0.4, 0.5) is 5.69 Å². The summed E-state index contributed by atoms with van der Waals surface area (Å²) in [6, 6.07) is 12.7. The molecular formula is C19H9BrClNO4. The zero-order chi connectivity index (χ0) is 18.6. The fraction of sp³-hybridized carbons (Fsp3) is 0. The summed E-state index contributed by atoms with van der Waals surface area (Å²) < 4.78 is 0.710. The number of carboxylic acid groups (broad SMARTS) is 1. The molecule has 3 aromatic carbocycles. The number of imide groups is 1. The maximum absolute atomic E-state index is 13.0. The molecule has 7 heteroatoms. The van der Waals surface area contributed by atoms with Crippen LogP contribution in [0.1, 0.15) is 31.1 Å². The SMILES string of the molecule is O=C(O)c1cc(N2C(=O)c3cccc4cc(Br)cc(c34)C2=O)ccc1Cl. The predicted octanol–water partition coefficient (Wildman–Crippen LogP) is 4.75. The molecule has 0 spiro atoms. The lowest BCUT2D eigenvalue weighted by Crippen LogP contribution is -2.40. The largest absolute Gasteiger partial charge is 0.478 e. The lowest BCUT2D eigenvalue weighted by atomic mass is 9.93. The van der Waals surface area contributed by atoms with Gasteiger partial charge in [0.1, 0.15) is 0 Å². The van der Waals surface area contributed by atoms with Gasteiger partial charge in [0.15, 0.2) is 0 Å². The Bertz CT molecular complexity index is 1140. The van der Waals surface area contributed by atoms with Crippen molar-refractivity contribution in [3.8, 4) is 0 Å². The van der Waals surface area contributed by atoms with Gasteiger partial charge in [-0.25, -0.2) is 9.69 Å². The summed E-state index contributed by atoms with van der Waals surface area (Å²) in [7, 11) is 0. The molecule has 0 radical (unpaired) electrons. The molecule has 128 valence electrons. The van der Waals surface area contributed by atoms with Crippen molar-refractivity contribution in [1.82, 2.24) is 0 Å². The molecule has 0 atom stereocenters. The van der Waals surface area contributed by atoms with Gasteiger partial charge in [0.25, 0.3) is 11.8 Å². The van der Waals surface area contributed by atoms with E-state index in [1.165, 1.54) is 18.2 Å². The van der Waals surface area contributed by atoms with Crippen molar-refractivity contribution in [2.45, 2.75) is 0 Å². The van der Waals surface area contributed by atoms with Crippen LogP contribution < -0.4 is 4.90 Å². The van der Waals surface area contributed by atoms with Crippen molar-refractivity contribution in [1.29, 1.82) is 0 Å². The minimum absolute atomic E-state index is 0.0309. The molecule has 0 saturated carbocycles. The number of carbonyl (C=O) groups is 3. The fourth-order valence-corrected chi connectivity index (χ4v) is 3.80. The third-order valence-corrected chi connectivity index (χ3v) is 5.03. The van der Waals surface area contributed by atoms with Crippen molar-refractivity contribution >= 4 is 61.8 Å². The van der Waals surface area contributed by atoms with E-state index in [4.69, 9.17) is 11.6 Å². The Labute approximate surface area is 160 Å². The highest BCUT2D eigenvalue weighted by Gasteiger charge is 2.34. The van der Waals surface area contributed by atoms with E-state index in [1.54, 1.807) is 18.2 Å². The highest BCUT2D eigenvalue weighted by atomic mass is 79.9. The fourth-order valence-electron chi connectivity index (χ4n) is 3.12. The number of anilines is 1. The Kier molecular flexibility index (Phi) is 3.82. The van der Waals surface area contributed by atoms with Crippen molar-refractivity contribution in [2.24, 2.45) is 0 Å². The number of nitrogens with zero attached hydrogens (tertiary/aromatic N) is 1. The number of aromatic carboxylic acids is 1. The Morgan fingerprint density at radius 3 is 2.46 bits per heavy atom. The third-order valence-electron chi connectivity index (χ3n) is 4.25. The zero-order valence-corrected chi connectivity index (χ0v) is 15.3. The first-order valence-corrected chi connectivity index (χ1v) is 8.69. The summed E-state index contributed by atoms with van der Waals surface area (Å²) >= 11 is 9.28. The monoisotopic (exact) mass is 429 g/mol. The van der Waals surface area contributed by atoms with Crippen molar-refractivity contribution < 1.29 is 19.5 Å². The average molecular weight is 431 g/mol. The second-order valence-electron chi connectivity index (χ2n) is 5.77. The number of hydrogen-bond donors (Lipinski definition) is 1. The number of halogens is 2. The van der Waals surface area contributed by atoms with Gasteiger partial charge in [-0.05, 0) is 41.8 Å². The van der Waals surface area contributed by atoms with Crippen molar-refractivity contribution in [3.63, 3.8) is 0 Å². The van der Waals surface area contributed by atoms with Gasteiger partial charge in [-0.2, -0.15) is 0 Å². The summed E-state index contributed by atoms with van der Waals surface area (Å²) in [5.41, 5.74) is 0.736. The summed E-state index contributed by atoms with van der Waals surface area (Å²) in [5.74, 6) is -2.26. The number of rotatable bonds is 2. The summed E-state index contributed by atoms with van der Waals surface area (Å²) in [6.45, 7) is 0. The smallest absolute Gasteiger partial charge is 0.337 e. The van der Waals surface area contributed by atoms with Crippen LogP contribution in [0.2, 0.25) is 5.02 Å². The van der Waals surface area contributed by atoms with Crippen LogP contribution in [0.5, 0.6) is 0 Å². The number of carbonyl (C=O) groups excluding carboxylic acids is 2. The molecule has 0 saturated heterocycles. The minimum atomic E-state index is -1.24. The first kappa shape index (κ1) is 16.8. The van der Waals surface area contributed by atoms with E-state index in [9.17, 15) is 19.5 Å². The van der Waals surface area contributed by atoms with Crippen LogP contribution in [0, 0.1) is 0 Å². The maximum Gasteiger partial charge on any atom is 0.337 e. The predicted molar refractivity (Wildman–Crippen MR) is 101 cm³/mol. The Morgan fingerprint density at radius 1 is 1.00 bits per heavy atom. The van der Waals surface area contributed by atoms with Crippen LogP contribution in [-0.4, -0.2) is 22.9 Å². The number of amides is 2. The van der Waals surface area contributed by atoms with E-state index in [-0.39, 0.29) is 16.3 Å². The topological polar surface area (TPSA) is 74.7 Å². The van der Waals surface area contributed by atoms with Crippen LogP contribution in [0.3, 0.4) is 0 Å². The molecule has 0 fully saturated rings. The van der Waals surface area contributed by atoms with E-state index in [0.29, 0.717) is 21.0 Å². The summed E-state index contributed by atoms with van der Waals surface area (Å²) in [6.07, 6.45) is 0. The van der Waals surface area contributed by atoms with E-state index in [1.807, 2.05) is 12.1 Å². The van der Waals surface area contributed by atoms with Crippen LogP contribution in [0.25, 0.3) is 10.8 Å². The van der Waals surface area contributed by atoms with Gasteiger partial charge in [0.2, 0.25) is 0 Å². The number of hydrogen-bond acceptors (Lipinski definition) is 3. The molecule has 4 rings (SSSR count). The minimum Gasteiger partial charge on any atom is -0.478 e. The molecule has 0 unspecified atom stereocenters. The average Bonchev–Trinajstić information content (AvgIpc) is 2.60. The first-order valence-electron chi connectivity index (χ1n) is 7.52. The highest BCUT2D eigenvalue weighted by Crippen LogP contribution is 2.35. The lowest BCUT2D eigenvalue weighted by Gasteiger charge is -2.27. The van der Waals surface area contributed by atoms with Crippen LogP contribution >= 0.6 is 27.5 Å². The quantitative estimate of drug-likeness (QED) is 0.595. The van der Waals surface area contributed by atoms with Gasteiger partial charge < -0.3 is 5.11 Å². The van der Waals surface area contributed by atoms with Crippen LogP contribution in [-0.2, 0) is 0 Å². The number of benzene rings is 3. The third kappa shape index (κ3) is 2.41. The molecule has 0 aromatic heterocycles. The van der Waals surface area contributed by atoms with E-state index in [2.05, 4.69) is 15.9 Å². The maximum atomic E-state index is 13.0. The molecule has 1 aliphatic rings. The molecule has 1 N–H and O–H groups in total. The van der Waals surface area contributed by atoms with Gasteiger partial charge in [0.05, 0.1) is 21.8 Å². The summed E-state index contributed by atoms with van der Waals surface area (Å²) in [4.78, 5) is 38.3. The van der Waals surface area contributed by atoms with E-state index in [0.717, 1.165) is 10.3 Å². The highest BCUT2D eigenvalue weighted by molar-refractivity contribution is 9.10. The van der Waals surface area contributed by atoms with Gasteiger partial charge in [-0.3, -0.25) is 9.59 Å². The molecule has 1 aliphatic heterocycles. The second-order valence-corrected chi connectivity index (χ2v) is 7.09. The zero-order valence-electron chi connectivity index (χ0n) is 13.0. The normalized spacial score (nSPS) is 13.4. The lowest BCUT2D eigenvalue weighted by molar-refractivity contribution is 0.0695. The van der Waals surface area contributed by atoms with Gasteiger partial charge in [0, 0.05) is 15.4 Å². The van der Waals surface area contributed by atoms with Gasteiger partial charge >= 0.3 is 5.97 Å². The van der Waals surface area contributed by atoms with Crippen molar-refractivity contribution in [2.75, 3.05) is 4.90 Å².